The van der Waals surface area contributed by atoms with Gasteiger partial charge in [0.05, 0.1) is 11.6 Å². The lowest BCUT2D eigenvalue weighted by Gasteiger charge is -2.21. The molecule has 1 aromatic carbocycles. The van der Waals surface area contributed by atoms with Crippen molar-refractivity contribution in [3.63, 3.8) is 0 Å². The third-order valence-electron chi connectivity index (χ3n) is 4.33. The van der Waals surface area contributed by atoms with Crippen molar-refractivity contribution >= 4 is 17.5 Å². The van der Waals surface area contributed by atoms with Crippen molar-refractivity contribution in [1.29, 1.82) is 5.26 Å². The van der Waals surface area contributed by atoms with Crippen LogP contribution in [0.3, 0.4) is 0 Å². The van der Waals surface area contributed by atoms with E-state index in [2.05, 4.69) is 20.2 Å². The number of aryl methyl sites for hydroxylation is 1. The molecule has 7 heteroatoms. The van der Waals surface area contributed by atoms with E-state index in [1.807, 2.05) is 13.0 Å². The summed E-state index contributed by atoms with van der Waals surface area (Å²) in [7, 11) is 0. The molecular weight excluding hydrogens is 342 g/mol. The summed E-state index contributed by atoms with van der Waals surface area (Å²) in [5.74, 6) is 0.745. The summed E-state index contributed by atoms with van der Waals surface area (Å²) < 4.78 is 5.59. The lowest BCUT2D eigenvalue weighted by molar-refractivity contribution is -0.118. The van der Waals surface area contributed by atoms with Crippen molar-refractivity contribution in [3.8, 4) is 11.9 Å². The van der Waals surface area contributed by atoms with Crippen molar-refractivity contribution in [3.05, 3.63) is 41.6 Å². The molecule has 0 spiro atoms. The average Bonchev–Trinajstić information content (AvgIpc) is 2.96. The van der Waals surface area contributed by atoms with Crippen LogP contribution in [0.5, 0.6) is 5.88 Å². The van der Waals surface area contributed by atoms with Gasteiger partial charge >= 0.3 is 0 Å². The van der Waals surface area contributed by atoms with E-state index in [-0.39, 0.29) is 12.5 Å². The summed E-state index contributed by atoms with van der Waals surface area (Å²) >= 11 is 0. The van der Waals surface area contributed by atoms with E-state index >= 15 is 0 Å². The lowest BCUT2D eigenvalue weighted by Crippen LogP contribution is -2.26. The Balaban J connectivity index is 1.61. The molecule has 0 saturated carbocycles. The zero-order chi connectivity index (χ0) is 19.1. The number of hydrogen-bond donors (Lipinski definition) is 1. The monoisotopic (exact) mass is 365 g/mol. The van der Waals surface area contributed by atoms with E-state index in [4.69, 9.17) is 10.00 Å². The number of ether oxygens (including phenoxy) is 1. The molecule has 140 valence electrons. The highest BCUT2D eigenvalue weighted by Crippen LogP contribution is 2.19. The molecule has 1 aliphatic rings. The number of rotatable bonds is 5. The molecule has 0 aliphatic carbocycles. The van der Waals surface area contributed by atoms with Gasteiger partial charge in [0.15, 0.2) is 6.61 Å². The fraction of sp³-hybridized carbons (Fsp3) is 0.400. The third-order valence-corrected chi connectivity index (χ3v) is 4.33. The number of nitrogens with zero attached hydrogens (tertiary/aromatic N) is 4. The first kappa shape index (κ1) is 18.6. The Morgan fingerprint density at radius 1 is 1.22 bits per heavy atom. The molecular formula is C20H23N5O2. The summed E-state index contributed by atoms with van der Waals surface area (Å²) in [6.45, 7) is 3.62. The van der Waals surface area contributed by atoms with E-state index in [0.29, 0.717) is 23.1 Å². The van der Waals surface area contributed by atoms with Gasteiger partial charge in [-0.15, -0.1) is 0 Å². The second-order valence-corrected chi connectivity index (χ2v) is 6.58. The molecule has 1 N–H and O–H groups in total. The molecule has 1 amide bonds. The quantitative estimate of drug-likeness (QED) is 0.876. The van der Waals surface area contributed by atoms with Gasteiger partial charge in [0.1, 0.15) is 0 Å². The Morgan fingerprint density at radius 2 is 2.00 bits per heavy atom. The number of carbonyl (C=O) groups excluding carboxylic acids is 1. The first-order chi connectivity index (χ1) is 13.1. The fourth-order valence-electron chi connectivity index (χ4n) is 3.01. The predicted octanol–water partition coefficient (Wildman–Crippen LogP) is 3.05. The number of hydrogen-bond acceptors (Lipinski definition) is 6. The number of amides is 1. The number of nitriles is 1. The number of nitrogens with one attached hydrogen (secondary N) is 1. The van der Waals surface area contributed by atoms with Crippen LogP contribution in [0.4, 0.5) is 11.6 Å². The van der Waals surface area contributed by atoms with Gasteiger partial charge in [0, 0.05) is 30.5 Å². The van der Waals surface area contributed by atoms with Crippen LogP contribution in [0.2, 0.25) is 0 Å². The molecule has 7 nitrogen and oxygen atoms in total. The van der Waals surface area contributed by atoms with E-state index < -0.39 is 0 Å². The number of benzene rings is 1. The van der Waals surface area contributed by atoms with Gasteiger partial charge in [0.2, 0.25) is 11.8 Å². The average molecular weight is 365 g/mol. The van der Waals surface area contributed by atoms with Gasteiger partial charge in [-0.3, -0.25) is 4.79 Å². The third kappa shape index (κ3) is 5.42. The molecule has 0 bridgehead atoms. The maximum Gasteiger partial charge on any atom is 0.262 e. The summed E-state index contributed by atoms with van der Waals surface area (Å²) in [5.41, 5.74) is 1.86. The second-order valence-electron chi connectivity index (χ2n) is 6.58. The lowest BCUT2D eigenvalue weighted by atomic mass is 10.2. The molecule has 0 unspecified atom stereocenters. The summed E-state index contributed by atoms with van der Waals surface area (Å²) in [4.78, 5) is 23.3. The minimum absolute atomic E-state index is 0.160. The van der Waals surface area contributed by atoms with Gasteiger partial charge in [0.25, 0.3) is 5.91 Å². The number of carbonyl (C=O) groups is 1. The van der Waals surface area contributed by atoms with Crippen LogP contribution >= 0.6 is 0 Å². The smallest absolute Gasteiger partial charge is 0.262 e. The van der Waals surface area contributed by atoms with Crippen molar-refractivity contribution in [1.82, 2.24) is 9.97 Å². The Labute approximate surface area is 159 Å². The van der Waals surface area contributed by atoms with Crippen LogP contribution in [0.25, 0.3) is 0 Å². The largest absolute Gasteiger partial charge is 0.467 e. The van der Waals surface area contributed by atoms with Crippen molar-refractivity contribution in [2.75, 3.05) is 29.9 Å². The molecule has 0 radical (unpaired) electrons. The minimum atomic E-state index is -0.308. The maximum atomic E-state index is 12.1. The molecule has 0 atom stereocenters. The minimum Gasteiger partial charge on any atom is -0.467 e. The Kier molecular flexibility index (Phi) is 6.21. The Hall–Kier alpha value is -3.14. The van der Waals surface area contributed by atoms with Crippen LogP contribution in [-0.2, 0) is 4.79 Å². The van der Waals surface area contributed by atoms with Gasteiger partial charge in [-0.25, -0.2) is 4.98 Å². The number of anilines is 2. The van der Waals surface area contributed by atoms with Crippen molar-refractivity contribution in [2.24, 2.45) is 0 Å². The predicted molar refractivity (Wildman–Crippen MR) is 103 cm³/mol. The maximum absolute atomic E-state index is 12.1. The van der Waals surface area contributed by atoms with Crippen LogP contribution in [-0.4, -0.2) is 35.6 Å². The summed E-state index contributed by atoms with van der Waals surface area (Å²) in [5, 5.41) is 11.6. The van der Waals surface area contributed by atoms with E-state index in [1.54, 1.807) is 30.3 Å². The van der Waals surface area contributed by atoms with Crippen LogP contribution < -0.4 is 15.0 Å². The highest BCUT2D eigenvalue weighted by molar-refractivity contribution is 5.92. The molecule has 3 rings (SSSR count). The zero-order valence-corrected chi connectivity index (χ0v) is 15.4. The van der Waals surface area contributed by atoms with Crippen molar-refractivity contribution < 1.29 is 9.53 Å². The van der Waals surface area contributed by atoms with Crippen LogP contribution in [0.1, 0.15) is 36.9 Å². The van der Waals surface area contributed by atoms with Crippen molar-refractivity contribution in [2.45, 2.75) is 32.6 Å². The highest BCUT2D eigenvalue weighted by atomic mass is 16.5. The first-order valence-electron chi connectivity index (χ1n) is 9.17. The Bertz CT molecular complexity index is 839. The van der Waals surface area contributed by atoms with Gasteiger partial charge < -0.3 is 15.0 Å². The van der Waals surface area contributed by atoms with Crippen LogP contribution in [0, 0.1) is 18.3 Å². The van der Waals surface area contributed by atoms with E-state index in [9.17, 15) is 4.79 Å². The van der Waals surface area contributed by atoms with Gasteiger partial charge in [-0.2, -0.15) is 10.2 Å². The Morgan fingerprint density at radius 3 is 2.74 bits per heavy atom. The number of aromatic nitrogens is 2. The molecule has 1 aromatic heterocycles. The summed E-state index contributed by atoms with van der Waals surface area (Å²) in [6.07, 6.45) is 4.74. The standard InChI is InChI=1S/C20H23N5O2/c1-15-11-19(24-20(22-15)25-9-4-2-3-5-10-25)27-14-18(26)23-17-8-6-7-16(12-17)13-21/h6-8,11-12H,2-5,9-10,14H2,1H3,(H,23,26). The highest BCUT2D eigenvalue weighted by Gasteiger charge is 2.15. The molecule has 1 aliphatic heterocycles. The van der Waals surface area contributed by atoms with E-state index in [1.165, 1.54) is 12.8 Å². The summed E-state index contributed by atoms with van der Waals surface area (Å²) in [6, 6.07) is 10.5. The van der Waals surface area contributed by atoms with Gasteiger partial charge in [-0.1, -0.05) is 18.9 Å². The molecule has 2 heterocycles. The molecule has 2 aromatic rings. The zero-order valence-electron chi connectivity index (χ0n) is 15.4. The normalized spacial score (nSPS) is 14.1. The van der Waals surface area contributed by atoms with Crippen LogP contribution in [0.15, 0.2) is 30.3 Å². The molecule has 1 saturated heterocycles. The SMILES string of the molecule is Cc1cc(OCC(=O)Nc2cccc(C#N)c2)nc(N2CCCCCC2)n1. The first-order valence-corrected chi connectivity index (χ1v) is 9.17. The molecule has 27 heavy (non-hydrogen) atoms. The fourth-order valence-corrected chi connectivity index (χ4v) is 3.01. The molecule has 1 fully saturated rings. The van der Waals surface area contributed by atoms with E-state index in [0.717, 1.165) is 31.6 Å². The second kappa shape index (κ2) is 8.99. The van der Waals surface area contributed by atoms with Gasteiger partial charge in [-0.05, 0) is 38.0 Å². The topological polar surface area (TPSA) is 91.1 Å².